The average Bonchev–Trinajstić information content (AvgIpc) is 3.29. The van der Waals surface area contributed by atoms with Gasteiger partial charge in [-0.05, 0) is 62.8 Å². The van der Waals surface area contributed by atoms with Crippen molar-refractivity contribution in [2.75, 3.05) is 5.75 Å². The molecule has 2 heterocycles. The third-order valence-corrected chi connectivity index (χ3v) is 5.86. The molecule has 0 spiro atoms. The van der Waals surface area contributed by atoms with Crippen LogP contribution in [0.15, 0.2) is 87.1 Å². The summed E-state index contributed by atoms with van der Waals surface area (Å²) in [4.78, 5) is 6.01. The predicted molar refractivity (Wildman–Crippen MR) is 140 cm³/mol. The molecule has 0 amide bonds. The molecule has 1 atom stereocenters. The maximum Gasteiger partial charge on any atom is 0.130 e. The predicted octanol–water partition coefficient (Wildman–Crippen LogP) is 7.32. The van der Waals surface area contributed by atoms with Gasteiger partial charge in [0.05, 0.1) is 6.26 Å². The van der Waals surface area contributed by atoms with Crippen LogP contribution in [-0.4, -0.2) is 17.8 Å². The molecule has 4 nitrogen and oxygen atoms in total. The number of thioether (sulfide) groups is 1. The summed E-state index contributed by atoms with van der Waals surface area (Å²) < 4.78 is 5.41. The van der Waals surface area contributed by atoms with E-state index in [9.17, 15) is 0 Å². The number of allylic oxidation sites excluding steroid dienone is 3. The van der Waals surface area contributed by atoms with Gasteiger partial charge in [0.15, 0.2) is 0 Å². The van der Waals surface area contributed by atoms with Gasteiger partial charge in [0.25, 0.3) is 0 Å². The van der Waals surface area contributed by atoms with E-state index in [0.717, 1.165) is 34.3 Å². The summed E-state index contributed by atoms with van der Waals surface area (Å²) in [7, 11) is 0. The molecule has 172 valence electrons. The Kier molecular flexibility index (Phi) is 10.9. The van der Waals surface area contributed by atoms with Crippen molar-refractivity contribution in [3.05, 3.63) is 84.1 Å². The highest BCUT2D eigenvalue weighted by Crippen LogP contribution is 2.21. The van der Waals surface area contributed by atoms with Gasteiger partial charge in [-0.1, -0.05) is 57.4 Å². The van der Waals surface area contributed by atoms with Crippen LogP contribution in [0.3, 0.4) is 0 Å². The molecule has 2 aromatic rings. The largest absolute Gasteiger partial charge is 0.465 e. The summed E-state index contributed by atoms with van der Waals surface area (Å²) in [5.41, 5.74) is 4.15. The van der Waals surface area contributed by atoms with Gasteiger partial charge in [-0.3, -0.25) is 0 Å². The fourth-order valence-electron chi connectivity index (χ4n) is 3.09. The van der Waals surface area contributed by atoms with E-state index in [1.807, 2.05) is 38.1 Å². The van der Waals surface area contributed by atoms with Crippen LogP contribution in [-0.2, 0) is 0 Å². The van der Waals surface area contributed by atoms with Crippen molar-refractivity contribution in [2.24, 2.45) is 4.99 Å². The van der Waals surface area contributed by atoms with Crippen LogP contribution in [0.5, 0.6) is 0 Å². The maximum atomic E-state index is 5.41. The topological polar surface area (TPSA) is 49.6 Å². The summed E-state index contributed by atoms with van der Waals surface area (Å²) in [6.07, 6.45) is 9.72. The monoisotopic (exact) mass is 451 g/mol. The Morgan fingerprint density at radius 1 is 1.19 bits per heavy atom. The van der Waals surface area contributed by atoms with E-state index in [0.29, 0.717) is 0 Å². The van der Waals surface area contributed by atoms with E-state index >= 15 is 0 Å². The quantitative estimate of drug-likeness (QED) is 0.326. The zero-order valence-corrected chi connectivity index (χ0v) is 20.9. The number of aliphatic imine (C=N–C) groups is 1. The minimum atomic E-state index is 0.0201. The van der Waals surface area contributed by atoms with Crippen molar-refractivity contribution in [1.29, 1.82) is 0 Å². The number of aryl methyl sites for hydroxylation is 1. The fourth-order valence-corrected chi connectivity index (χ4v) is 3.93. The van der Waals surface area contributed by atoms with E-state index in [1.165, 1.54) is 29.7 Å². The molecule has 1 aromatic carbocycles. The molecule has 0 bridgehead atoms. The van der Waals surface area contributed by atoms with Crippen LogP contribution in [0.1, 0.15) is 58.3 Å². The molecular weight excluding hydrogens is 414 g/mol. The van der Waals surface area contributed by atoms with Crippen LogP contribution >= 0.6 is 11.8 Å². The minimum absolute atomic E-state index is 0.0201. The molecule has 0 fully saturated rings. The van der Waals surface area contributed by atoms with Crippen LogP contribution in [0.2, 0.25) is 0 Å². The summed E-state index contributed by atoms with van der Waals surface area (Å²) in [5, 5.41) is 6.71. The third kappa shape index (κ3) is 9.23. The zero-order chi connectivity index (χ0) is 23.3. The summed E-state index contributed by atoms with van der Waals surface area (Å²) in [6.45, 7) is 14.7. The van der Waals surface area contributed by atoms with Crippen LogP contribution < -0.4 is 10.6 Å². The van der Waals surface area contributed by atoms with Gasteiger partial charge in [-0.2, -0.15) is 0 Å². The Morgan fingerprint density at radius 2 is 1.91 bits per heavy atom. The number of hydrogen-bond acceptors (Lipinski definition) is 5. The molecule has 5 heteroatoms. The Labute approximate surface area is 198 Å². The highest BCUT2D eigenvalue weighted by molar-refractivity contribution is 7.99. The third-order valence-electron chi connectivity index (χ3n) is 4.77. The second kappa shape index (κ2) is 13.7. The van der Waals surface area contributed by atoms with E-state index in [4.69, 9.17) is 9.41 Å². The average molecular weight is 452 g/mol. The number of rotatable bonds is 8. The molecular formula is C27H37N3OS. The SMILES string of the molecule is C=C(/C=C(\C)c1ccco1)NC1=NC(CSc2ccc(C)cc2)NC(C)=C1.CCCCC. The highest BCUT2D eigenvalue weighted by atomic mass is 32.2. The molecule has 1 aromatic heterocycles. The Bertz CT molecular complexity index is 922. The first-order valence-corrected chi connectivity index (χ1v) is 12.3. The lowest BCUT2D eigenvalue weighted by Gasteiger charge is -2.22. The van der Waals surface area contributed by atoms with Crippen molar-refractivity contribution >= 4 is 23.2 Å². The number of nitrogens with zero attached hydrogens (tertiary/aromatic N) is 1. The number of hydrogen-bond donors (Lipinski definition) is 2. The van der Waals surface area contributed by atoms with Gasteiger partial charge in [-0.15, -0.1) is 11.8 Å². The number of furan rings is 1. The first-order chi connectivity index (χ1) is 15.4. The maximum absolute atomic E-state index is 5.41. The van der Waals surface area contributed by atoms with E-state index in [-0.39, 0.29) is 6.17 Å². The molecule has 3 rings (SSSR count). The molecule has 1 aliphatic heterocycles. The molecule has 1 unspecified atom stereocenters. The van der Waals surface area contributed by atoms with Crippen molar-refractivity contribution in [3.8, 4) is 0 Å². The van der Waals surface area contributed by atoms with Gasteiger partial charge >= 0.3 is 0 Å². The second-order valence-electron chi connectivity index (χ2n) is 7.93. The Morgan fingerprint density at radius 3 is 2.50 bits per heavy atom. The Hall–Kier alpha value is -2.66. The molecule has 0 saturated heterocycles. The van der Waals surface area contributed by atoms with Crippen molar-refractivity contribution in [2.45, 2.75) is 64.9 Å². The lowest BCUT2D eigenvalue weighted by molar-refractivity contribution is 0.552. The minimum Gasteiger partial charge on any atom is -0.465 e. The lowest BCUT2D eigenvalue weighted by Crippen LogP contribution is -2.36. The van der Waals surface area contributed by atoms with Crippen LogP contribution in [0.25, 0.3) is 5.57 Å². The standard InChI is InChI=1S/C22H25N3OS.C5H12/c1-15-7-9-19(10-8-15)27-14-22-24-18(4)13-21(25-22)23-17(3)12-16(2)20-6-5-11-26-20;1-3-5-4-2/h5-13,22,24H,3,14H2,1-2,4H3,(H,23,25);3-5H2,1-2H3/b16-12+;. The zero-order valence-electron chi connectivity index (χ0n) is 20.1. The normalized spacial score (nSPS) is 15.7. The molecule has 0 radical (unpaired) electrons. The van der Waals surface area contributed by atoms with Crippen LogP contribution in [0.4, 0.5) is 0 Å². The van der Waals surface area contributed by atoms with E-state index < -0.39 is 0 Å². The van der Waals surface area contributed by atoms with E-state index in [1.54, 1.807) is 18.0 Å². The fraction of sp³-hybridized carbons (Fsp3) is 0.370. The number of benzene rings is 1. The highest BCUT2D eigenvalue weighted by Gasteiger charge is 2.14. The summed E-state index contributed by atoms with van der Waals surface area (Å²) in [6, 6.07) is 12.4. The van der Waals surface area contributed by atoms with Gasteiger partial charge in [0.1, 0.15) is 17.8 Å². The lowest BCUT2D eigenvalue weighted by atomic mass is 10.2. The molecule has 1 aliphatic rings. The summed E-state index contributed by atoms with van der Waals surface area (Å²) in [5.74, 6) is 2.51. The van der Waals surface area contributed by atoms with Gasteiger partial charge in [0, 0.05) is 22.0 Å². The molecule has 0 saturated carbocycles. The van der Waals surface area contributed by atoms with Crippen molar-refractivity contribution in [1.82, 2.24) is 10.6 Å². The number of unbranched alkanes of at least 4 members (excludes halogenated alkanes) is 2. The van der Waals surface area contributed by atoms with Crippen molar-refractivity contribution in [3.63, 3.8) is 0 Å². The number of amidine groups is 1. The first kappa shape index (κ1) is 25.6. The van der Waals surface area contributed by atoms with Crippen LogP contribution in [0, 0.1) is 6.92 Å². The number of nitrogens with one attached hydrogen (secondary N) is 2. The Balaban J connectivity index is 0.000000654. The van der Waals surface area contributed by atoms with Gasteiger partial charge in [-0.25, -0.2) is 4.99 Å². The van der Waals surface area contributed by atoms with Gasteiger partial charge in [0.2, 0.25) is 0 Å². The molecule has 2 N–H and O–H groups in total. The van der Waals surface area contributed by atoms with E-state index in [2.05, 4.69) is 62.2 Å². The van der Waals surface area contributed by atoms with Crippen molar-refractivity contribution < 1.29 is 4.42 Å². The summed E-state index contributed by atoms with van der Waals surface area (Å²) >= 11 is 1.80. The molecule has 0 aliphatic carbocycles. The molecule has 32 heavy (non-hydrogen) atoms. The second-order valence-corrected chi connectivity index (χ2v) is 9.03. The smallest absolute Gasteiger partial charge is 0.130 e. The van der Waals surface area contributed by atoms with Gasteiger partial charge < -0.3 is 15.1 Å². The first-order valence-electron chi connectivity index (χ1n) is 11.3.